The van der Waals surface area contributed by atoms with E-state index in [0.717, 1.165) is 0 Å². The zero-order chi connectivity index (χ0) is 7.72. The second-order valence-electron chi connectivity index (χ2n) is 1.47. The SMILES string of the molecule is O=c1[nH]c(=O)n(Cl)c(=O)[nH]1.[K]. The first-order chi connectivity index (χ1) is 4.61. The monoisotopic (exact) mass is 202 g/mol. The van der Waals surface area contributed by atoms with E-state index in [4.69, 9.17) is 11.8 Å². The van der Waals surface area contributed by atoms with Gasteiger partial charge in [0.05, 0.1) is 0 Å². The van der Waals surface area contributed by atoms with Crippen LogP contribution in [-0.4, -0.2) is 65.4 Å². The average Bonchev–Trinajstić information content (AvgIpc) is 1.82. The van der Waals surface area contributed by atoms with Crippen LogP contribution >= 0.6 is 11.8 Å². The van der Waals surface area contributed by atoms with Crippen LogP contribution in [0.3, 0.4) is 0 Å². The van der Waals surface area contributed by atoms with E-state index in [1.54, 1.807) is 9.97 Å². The number of aromatic amines is 2. The van der Waals surface area contributed by atoms with Crippen LogP contribution in [0.15, 0.2) is 14.4 Å². The van der Waals surface area contributed by atoms with E-state index >= 15 is 0 Å². The van der Waals surface area contributed by atoms with Crippen LogP contribution in [0, 0.1) is 0 Å². The van der Waals surface area contributed by atoms with Crippen molar-refractivity contribution in [2.24, 2.45) is 0 Å². The van der Waals surface area contributed by atoms with Crippen molar-refractivity contribution < 1.29 is 0 Å². The van der Waals surface area contributed by atoms with Gasteiger partial charge in [-0.3, -0.25) is 9.97 Å². The molecule has 0 amide bonds. The molecule has 0 unspecified atom stereocenters. The van der Waals surface area contributed by atoms with Gasteiger partial charge in [-0.15, -0.1) is 0 Å². The summed E-state index contributed by atoms with van der Waals surface area (Å²) in [5.41, 5.74) is -2.77. The molecule has 8 heteroatoms. The summed E-state index contributed by atoms with van der Waals surface area (Å²) in [5.74, 6) is 0. The predicted molar refractivity (Wildman–Crippen MR) is 38.9 cm³/mol. The van der Waals surface area contributed by atoms with Gasteiger partial charge in [0.2, 0.25) is 0 Å². The first-order valence-electron chi connectivity index (χ1n) is 2.23. The molecule has 55 valence electrons. The molecule has 0 aliphatic rings. The summed E-state index contributed by atoms with van der Waals surface area (Å²) >= 11 is 5.04. The van der Waals surface area contributed by atoms with E-state index in [-0.39, 0.29) is 55.5 Å². The number of hydrogen-bond donors (Lipinski definition) is 2. The minimum absolute atomic E-state index is 0. The largest absolute Gasteiger partial charge is 0.348 e. The number of rotatable bonds is 0. The molecule has 1 radical (unpaired) electrons. The molecule has 11 heavy (non-hydrogen) atoms. The van der Waals surface area contributed by atoms with Crippen molar-refractivity contribution in [3.63, 3.8) is 0 Å². The fourth-order valence-electron chi connectivity index (χ4n) is 0.416. The Morgan fingerprint density at radius 3 is 1.82 bits per heavy atom. The zero-order valence-electron chi connectivity index (χ0n) is 5.55. The first kappa shape index (κ1) is 11.3. The Bertz CT molecular complexity index is 369. The number of H-pyrrole nitrogens is 2. The molecule has 0 aliphatic carbocycles. The van der Waals surface area contributed by atoms with Crippen molar-refractivity contribution in [1.82, 2.24) is 14.1 Å². The summed E-state index contributed by atoms with van der Waals surface area (Å²) in [6.45, 7) is 0. The summed E-state index contributed by atoms with van der Waals surface area (Å²) in [4.78, 5) is 34.6. The van der Waals surface area contributed by atoms with Gasteiger partial charge >= 0.3 is 17.1 Å². The van der Waals surface area contributed by atoms with Crippen molar-refractivity contribution in [2.75, 3.05) is 0 Å². The van der Waals surface area contributed by atoms with Gasteiger partial charge in [-0.25, -0.2) is 14.4 Å². The Morgan fingerprint density at radius 2 is 1.45 bits per heavy atom. The Labute approximate surface area is 107 Å². The Morgan fingerprint density at radius 1 is 1.09 bits per heavy atom. The summed E-state index contributed by atoms with van der Waals surface area (Å²) < 4.78 is 0.238. The quantitative estimate of drug-likeness (QED) is 0.470. The van der Waals surface area contributed by atoms with Gasteiger partial charge in [-0.05, 0) is 0 Å². The fourth-order valence-corrected chi connectivity index (χ4v) is 0.500. The number of halogens is 1. The van der Waals surface area contributed by atoms with Gasteiger partial charge in [0.25, 0.3) is 0 Å². The predicted octanol–water partition coefficient (Wildman–Crippen LogP) is -2.15. The van der Waals surface area contributed by atoms with Crippen LogP contribution in [0.2, 0.25) is 0 Å². The molecule has 0 atom stereocenters. The van der Waals surface area contributed by atoms with E-state index in [0.29, 0.717) is 0 Å². The van der Waals surface area contributed by atoms with Gasteiger partial charge in [0.15, 0.2) is 0 Å². The van der Waals surface area contributed by atoms with E-state index in [9.17, 15) is 14.4 Å². The Balaban J connectivity index is 0.000001000. The Kier molecular flexibility index (Phi) is 4.52. The third kappa shape index (κ3) is 2.69. The van der Waals surface area contributed by atoms with Gasteiger partial charge in [-0.2, -0.15) is 4.09 Å². The van der Waals surface area contributed by atoms with E-state index in [2.05, 4.69) is 0 Å². The van der Waals surface area contributed by atoms with Crippen molar-refractivity contribution >= 4 is 63.2 Å². The summed E-state index contributed by atoms with van der Waals surface area (Å²) in [6, 6.07) is 0. The van der Waals surface area contributed by atoms with Crippen LogP contribution in [0.5, 0.6) is 0 Å². The molecule has 0 aromatic carbocycles. The number of aromatic nitrogens is 3. The fraction of sp³-hybridized carbons (Fsp3) is 0. The second-order valence-corrected chi connectivity index (χ2v) is 1.81. The van der Waals surface area contributed by atoms with Crippen LogP contribution < -0.4 is 17.1 Å². The van der Waals surface area contributed by atoms with Crippen LogP contribution in [0.4, 0.5) is 0 Å². The Hall–Kier alpha value is 0.336. The summed E-state index contributed by atoms with van der Waals surface area (Å²) in [6.07, 6.45) is 0. The van der Waals surface area contributed by atoms with Gasteiger partial charge < -0.3 is 0 Å². The topological polar surface area (TPSA) is 87.7 Å². The van der Waals surface area contributed by atoms with Gasteiger partial charge in [-0.1, -0.05) is 0 Å². The molecular formula is C3H2ClKN3O3. The smallest absolute Gasteiger partial charge is 0.258 e. The molecule has 0 bridgehead atoms. The normalized spacial score (nSPS) is 8.82. The van der Waals surface area contributed by atoms with Crippen molar-refractivity contribution in [2.45, 2.75) is 0 Å². The summed E-state index contributed by atoms with van der Waals surface area (Å²) in [5, 5.41) is 0. The zero-order valence-corrected chi connectivity index (χ0v) is 9.43. The molecule has 1 aromatic rings. The maximum absolute atomic E-state index is 10.4. The van der Waals surface area contributed by atoms with Gasteiger partial charge in [0, 0.05) is 63.2 Å². The van der Waals surface area contributed by atoms with Crippen LogP contribution in [-0.2, 0) is 0 Å². The molecule has 2 N–H and O–H groups in total. The van der Waals surface area contributed by atoms with Crippen LogP contribution in [0.25, 0.3) is 0 Å². The van der Waals surface area contributed by atoms with Crippen LogP contribution in [0.1, 0.15) is 0 Å². The van der Waals surface area contributed by atoms with E-state index in [1.807, 2.05) is 0 Å². The second kappa shape index (κ2) is 4.38. The van der Waals surface area contributed by atoms with Crippen molar-refractivity contribution in [1.29, 1.82) is 0 Å². The number of nitrogens with zero attached hydrogens (tertiary/aromatic N) is 1. The molecule has 0 saturated carbocycles. The number of nitrogens with one attached hydrogen (secondary N) is 2. The molecule has 0 fully saturated rings. The minimum Gasteiger partial charge on any atom is -0.258 e. The van der Waals surface area contributed by atoms with E-state index < -0.39 is 17.1 Å². The molecule has 1 aromatic heterocycles. The van der Waals surface area contributed by atoms with Gasteiger partial charge in [0.1, 0.15) is 0 Å². The third-order valence-corrected chi connectivity index (χ3v) is 1.10. The average molecular weight is 203 g/mol. The standard InChI is InChI=1S/C3H2ClN3O3.K/c4-7-2(9)5-1(8)6-3(7)10;/h(H2,5,6,8,9,10);. The molecule has 0 saturated heterocycles. The van der Waals surface area contributed by atoms with Crippen molar-refractivity contribution in [3.8, 4) is 0 Å². The molecule has 1 heterocycles. The maximum Gasteiger partial charge on any atom is 0.348 e. The minimum atomic E-state index is -0.949. The third-order valence-electron chi connectivity index (χ3n) is 0.798. The first-order valence-corrected chi connectivity index (χ1v) is 2.57. The molecule has 1 rings (SSSR count). The van der Waals surface area contributed by atoms with E-state index in [1.165, 1.54) is 0 Å². The molecule has 6 nitrogen and oxygen atoms in total. The number of hydrogen-bond acceptors (Lipinski definition) is 3. The molecule has 0 spiro atoms. The maximum atomic E-state index is 10.4. The summed E-state index contributed by atoms with van der Waals surface area (Å²) in [7, 11) is 0. The molecule has 0 aliphatic heterocycles. The molecular weight excluding hydrogens is 201 g/mol. The van der Waals surface area contributed by atoms with Crippen molar-refractivity contribution in [3.05, 3.63) is 31.5 Å².